The van der Waals surface area contributed by atoms with Crippen LogP contribution in [-0.2, 0) is 11.2 Å². The van der Waals surface area contributed by atoms with Crippen LogP contribution < -0.4 is 4.74 Å². The van der Waals surface area contributed by atoms with E-state index in [0.29, 0.717) is 6.42 Å². The monoisotopic (exact) mass is 272 g/mol. The molecule has 0 atom stereocenters. The van der Waals surface area contributed by atoms with Crippen molar-refractivity contribution < 1.29 is 14.6 Å². The van der Waals surface area contributed by atoms with E-state index in [0.717, 1.165) is 22.2 Å². The van der Waals surface area contributed by atoms with E-state index >= 15 is 0 Å². The molecule has 0 spiro atoms. The van der Waals surface area contributed by atoms with Crippen LogP contribution in [0.4, 0.5) is 0 Å². The van der Waals surface area contributed by atoms with Crippen molar-refractivity contribution in [2.24, 2.45) is 0 Å². The minimum atomic E-state index is -0.760. The van der Waals surface area contributed by atoms with Gasteiger partial charge in [-0.1, -0.05) is 15.9 Å². The summed E-state index contributed by atoms with van der Waals surface area (Å²) in [4.78, 5) is 10.4. The highest BCUT2D eigenvalue weighted by Crippen LogP contribution is 2.24. The van der Waals surface area contributed by atoms with Gasteiger partial charge in [0.1, 0.15) is 5.75 Å². The molecule has 0 aliphatic carbocycles. The lowest BCUT2D eigenvalue weighted by molar-refractivity contribution is -0.137. The van der Waals surface area contributed by atoms with Gasteiger partial charge in [-0.05, 0) is 36.6 Å². The fraction of sp³-hybridized carbons (Fsp3) is 0.364. The third-order valence-corrected chi connectivity index (χ3v) is 2.57. The molecular weight excluding hydrogens is 260 g/mol. The molecule has 4 heteroatoms. The molecule has 1 aromatic rings. The lowest BCUT2D eigenvalue weighted by Gasteiger charge is -2.08. The van der Waals surface area contributed by atoms with E-state index in [2.05, 4.69) is 15.9 Å². The Morgan fingerprint density at radius 1 is 1.53 bits per heavy atom. The van der Waals surface area contributed by atoms with E-state index in [1.807, 2.05) is 18.2 Å². The Balaban J connectivity index is 2.65. The van der Waals surface area contributed by atoms with Crippen LogP contribution in [0.3, 0.4) is 0 Å². The molecule has 15 heavy (non-hydrogen) atoms. The molecule has 0 saturated carbocycles. The number of hydrogen-bond donors (Lipinski definition) is 1. The van der Waals surface area contributed by atoms with Gasteiger partial charge in [-0.2, -0.15) is 0 Å². The number of methoxy groups -OCH3 is 1. The molecule has 0 heterocycles. The number of hydrogen-bond acceptors (Lipinski definition) is 2. The zero-order valence-electron chi connectivity index (χ0n) is 8.50. The molecule has 0 amide bonds. The first-order valence-corrected chi connectivity index (χ1v) is 5.47. The van der Waals surface area contributed by atoms with Gasteiger partial charge in [0.15, 0.2) is 0 Å². The number of ether oxygens (including phenoxy) is 1. The van der Waals surface area contributed by atoms with Gasteiger partial charge in [0.05, 0.1) is 7.11 Å². The Morgan fingerprint density at radius 3 is 2.87 bits per heavy atom. The van der Waals surface area contributed by atoms with Gasteiger partial charge in [0.2, 0.25) is 0 Å². The number of carbonyl (C=O) groups is 1. The number of aliphatic carboxylic acids is 1. The molecule has 0 aromatic heterocycles. The molecule has 0 fully saturated rings. The topological polar surface area (TPSA) is 46.5 Å². The SMILES string of the molecule is COc1ccc(Br)cc1CCCC(=O)O. The van der Waals surface area contributed by atoms with Crippen LogP contribution in [-0.4, -0.2) is 18.2 Å². The first kappa shape index (κ1) is 12.0. The Bertz CT molecular complexity index is 350. The van der Waals surface area contributed by atoms with Crippen molar-refractivity contribution in [2.75, 3.05) is 7.11 Å². The summed E-state index contributed by atoms with van der Waals surface area (Å²) in [6.45, 7) is 0. The number of rotatable bonds is 5. The normalized spacial score (nSPS) is 10.0. The molecule has 82 valence electrons. The van der Waals surface area contributed by atoms with Crippen molar-refractivity contribution in [1.29, 1.82) is 0 Å². The molecular formula is C11H13BrO3. The Hall–Kier alpha value is -1.03. The maximum absolute atomic E-state index is 10.4. The molecule has 0 aliphatic heterocycles. The van der Waals surface area contributed by atoms with Crippen molar-refractivity contribution >= 4 is 21.9 Å². The van der Waals surface area contributed by atoms with Gasteiger partial charge in [-0.15, -0.1) is 0 Å². The Labute approximate surface area is 97.2 Å². The van der Waals surface area contributed by atoms with Gasteiger partial charge in [0.25, 0.3) is 0 Å². The number of carboxylic acid groups (broad SMARTS) is 1. The van der Waals surface area contributed by atoms with Gasteiger partial charge in [-0.25, -0.2) is 0 Å². The molecule has 0 unspecified atom stereocenters. The summed E-state index contributed by atoms with van der Waals surface area (Å²) in [6, 6.07) is 5.74. The third kappa shape index (κ3) is 3.91. The summed E-state index contributed by atoms with van der Waals surface area (Å²) in [7, 11) is 1.62. The first-order valence-electron chi connectivity index (χ1n) is 4.67. The smallest absolute Gasteiger partial charge is 0.303 e. The third-order valence-electron chi connectivity index (χ3n) is 2.08. The quantitative estimate of drug-likeness (QED) is 0.897. The summed E-state index contributed by atoms with van der Waals surface area (Å²) in [6.07, 6.45) is 1.53. The van der Waals surface area contributed by atoms with Crippen LogP contribution in [0.15, 0.2) is 22.7 Å². The molecule has 1 aromatic carbocycles. The second-order valence-corrected chi connectivity index (χ2v) is 4.12. The minimum Gasteiger partial charge on any atom is -0.496 e. The average Bonchev–Trinajstić information content (AvgIpc) is 2.17. The van der Waals surface area contributed by atoms with Crippen LogP contribution in [0.25, 0.3) is 0 Å². The summed E-state index contributed by atoms with van der Waals surface area (Å²) in [5, 5.41) is 8.53. The van der Waals surface area contributed by atoms with E-state index in [-0.39, 0.29) is 6.42 Å². The highest BCUT2D eigenvalue weighted by molar-refractivity contribution is 9.10. The summed E-state index contributed by atoms with van der Waals surface area (Å²) >= 11 is 3.37. The average molecular weight is 273 g/mol. The number of carboxylic acids is 1. The van der Waals surface area contributed by atoms with Crippen LogP contribution in [0.5, 0.6) is 5.75 Å². The Morgan fingerprint density at radius 2 is 2.27 bits per heavy atom. The van der Waals surface area contributed by atoms with E-state index in [4.69, 9.17) is 9.84 Å². The van der Waals surface area contributed by atoms with E-state index in [9.17, 15) is 4.79 Å². The largest absolute Gasteiger partial charge is 0.496 e. The first-order chi connectivity index (χ1) is 7.13. The minimum absolute atomic E-state index is 0.190. The highest BCUT2D eigenvalue weighted by Gasteiger charge is 2.04. The summed E-state index contributed by atoms with van der Waals surface area (Å²) in [5.41, 5.74) is 1.04. The van der Waals surface area contributed by atoms with Gasteiger partial charge >= 0.3 is 5.97 Å². The Kier molecular flexibility index (Phi) is 4.62. The number of aryl methyl sites for hydroxylation is 1. The van der Waals surface area contributed by atoms with Crippen LogP contribution in [0.2, 0.25) is 0 Å². The summed E-state index contributed by atoms with van der Waals surface area (Å²) in [5.74, 6) is 0.0487. The van der Waals surface area contributed by atoms with E-state index in [1.165, 1.54) is 0 Å². The zero-order valence-corrected chi connectivity index (χ0v) is 10.1. The van der Waals surface area contributed by atoms with Crippen LogP contribution in [0, 0.1) is 0 Å². The lowest BCUT2D eigenvalue weighted by Crippen LogP contribution is -1.97. The van der Waals surface area contributed by atoms with E-state index < -0.39 is 5.97 Å². The molecule has 3 nitrogen and oxygen atoms in total. The van der Waals surface area contributed by atoms with Crippen molar-refractivity contribution in [3.8, 4) is 5.75 Å². The number of halogens is 1. The molecule has 0 aliphatic rings. The standard InChI is InChI=1S/C11H13BrO3/c1-15-10-6-5-9(12)7-8(10)3-2-4-11(13)14/h5-7H,2-4H2,1H3,(H,13,14). The molecule has 0 saturated heterocycles. The molecule has 0 bridgehead atoms. The van der Waals surface area contributed by atoms with Crippen molar-refractivity contribution in [1.82, 2.24) is 0 Å². The molecule has 1 rings (SSSR count). The van der Waals surface area contributed by atoms with E-state index in [1.54, 1.807) is 7.11 Å². The van der Waals surface area contributed by atoms with Crippen molar-refractivity contribution in [3.05, 3.63) is 28.2 Å². The van der Waals surface area contributed by atoms with Gasteiger partial charge in [0, 0.05) is 10.9 Å². The maximum atomic E-state index is 10.4. The maximum Gasteiger partial charge on any atom is 0.303 e. The molecule has 1 N–H and O–H groups in total. The lowest BCUT2D eigenvalue weighted by atomic mass is 10.1. The summed E-state index contributed by atoms with van der Waals surface area (Å²) < 4.78 is 6.17. The predicted molar refractivity (Wildman–Crippen MR) is 61.3 cm³/mol. The predicted octanol–water partition coefficient (Wildman–Crippen LogP) is 2.87. The highest BCUT2D eigenvalue weighted by atomic mass is 79.9. The van der Waals surface area contributed by atoms with Gasteiger partial charge in [-0.3, -0.25) is 4.79 Å². The van der Waals surface area contributed by atoms with Gasteiger partial charge < -0.3 is 9.84 Å². The fourth-order valence-electron chi connectivity index (χ4n) is 1.37. The second-order valence-electron chi connectivity index (χ2n) is 3.20. The fourth-order valence-corrected chi connectivity index (χ4v) is 1.78. The second kappa shape index (κ2) is 5.75. The van der Waals surface area contributed by atoms with Crippen molar-refractivity contribution in [3.63, 3.8) is 0 Å². The molecule has 0 radical (unpaired) electrons. The number of benzene rings is 1. The zero-order chi connectivity index (χ0) is 11.3. The van der Waals surface area contributed by atoms with Crippen LogP contribution >= 0.6 is 15.9 Å². The van der Waals surface area contributed by atoms with Crippen molar-refractivity contribution in [2.45, 2.75) is 19.3 Å². The van der Waals surface area contributed by atoms with Crippen LogP contribution in [0.1, 0.15) is 18.4 Å².